The van der Waals surface area contributed by atoms with E-state index >= 15 is 0 Å². The fourth-order valence-electron chi connectivity index (χ4n) is 2.02. The molecule has 3 nitrogen and oxygen atoms in total. The zero-order valence-electron chi connectivity index (χ0n) is 10.6. The highest BCUT2D eigenvalue weighted by atomic mass is 16.5. The maximum atomic E-state index is 8.45. The van der Waals surface area contributed by atoms with Crippen molar-refractivity contribution in [1.82, 2.24) is 0 Å². The van der Waals surface area contributed by atoms with Gasteiger partial charge in [0.25, 0.3) is 0 Å². The van der Waals surface area contributed by atoms with Gasteiger partial charge in [0.15, 0.2) is 0 Å². The van der Waals surface area contributed by atoms with Crippen molar-refractivity contribution in [3.63, 3.8) is 0 Å². The third-order valence-electron chi connectivity index (χ3n) is 3.18. The average Bonchev–Trinajstić information content (AvgIpc) is 2.43. The van der Waals surface area contributed by atoms with Crippen molar-refractivity contribution in [2.24, 2.45) is 5.16 Å². The minimum absolute atomic E-state index is 0.340. The summed E-state index contributed by atoms with van der Waals surface area (Å²) >= 11 is 0. The maximum Gasteiger partial charge on any atom is 0.119 e. The Bertz CT molecular complexity index is 563. The van der Waals surface area contributed by atoms with Crippen molar-refractivity contribution >= 4 is 17.0 Å². The van der Waals surface area contributed by atoms with E-state index in [9.17, 15) is 0 Å². The van der Waals surface area contributed by atoms with Gasteiger partial charge >= 0.3 is 0 Å². The lowest BCUT2D eigenvalue weighted by atomic mass is 9.95. The number of nitrogens with zero attached hydrogens (tertiary/aromatic N) is 1. The molecule has 0 saturated heterocycles. The van der Waals surface area contributed by atoms with Crippen LogP contribution in [-0.2, 0) is 0 Å². The second-order valence-electron chi connectivity index (χ2n) is 4.41. The molecule has 1 atom stereocenters. The van der Waals surface area contributed by atoms with Crippen LogP contribution >= 0.6 is 0 Å². The lowest BCUT2D eigenvalue weighted by molar-refractivity contribution is 0.320. The molecule has 0 aromatic heterocycles. The van der Waals surface area contributed by atoms with Gasteiger partial charge in [-0.3, -0.25) is 0 Å². The van der Waals surface area contributed by atoms with Crippen LogP contribution in [0.2, 0.25) is 0 Å². The summed E-state index contributed by atoms with van der Waals surface area (Å²) < 4.78 is 5.21. The van der Waals surface area contributed by atoms with Crippen LogP contribution in [0.25, 0.3) is 10.8 Å². The zero-order chi connectivity index (χ0) is 13.0. The minimum Gasteiger partial charge on any atom is -0.497 e. The molecule has 1 N–H and O–H groups in total. The molecule has 0 bridgehead atoms. The lowest BCUT2D eigenvalue weighted by Crippen LogP contribution is -1.94. The Balaban J connectivity index is 2.32. The fraction of sp³-hybridized carbons (Fsp3) is 0.267. The number of fused-ring (bicyclic) bond motifs is 1. The molecule has 18 heavy (non-hydrogen) atoms. The van der Waals surface area contributed by atoms with Gasteiger partial charge in [-0.2, -0.15) is 0 Å². The van der Waals surface area contributed by atoms with Crippen molar-refractivity contribution in [2.45, 2.75) is 19.3 Å². The first-order valence-corrected chi connectivity index (χ1v) is 5.98. The van der Waals surface area contributed by atoms with E-state index in [0.717, 1.165) is 12.2 Å². The van der Waals surface area contributed by atoms with Gasteiger partial charge in [0.05, 0.1) is 7.11 Å². The highest BCUT2D eigenvalue weighted by Gasteiger charge is 2.05. The monoisotopic (exact) mass is 243 g/mol. The molecule has 3 heteroatoms. The Morgan fingerprint density at radius 3 is 2.67 bits per heavy atom. The Kier molecular flexibility index (Phi) is 3.82. The summed E-state index contributed by atoms with van der Waals surface area (Å²) in [6.45, 7) is 2.12. The molecule has 2 rings (SSSR count). The Labute approximate surface area is 107 Å². The molecule has 2 aromatic carbocycles. The lowest BCUT2D eigenvalue weighted by Gasteiger charge is -2.10. The van der Waals surface area contributed by atoms with Crippen molar-refractivity contribution < 1.29 is 9.94 Å². The molecule has 0 aliphatic heterocycles. The number of methoxy groups -OCH3 is 1. The Morgan fingerprint density at radius 1 is 1.22 bits per heavy atom. The highest BCUT2D eigenvalue weighted by molar-refractivity contribution is 5.84. The van der Waals surface area contributed by atoms with Gasteiger partial charge in [0.1, 0.15) is 5.75 Å². The number of hydrogen-bond acceptors (Lipinski definition) is 3. The molecule has 0 fully saturated rings. The van der Waals surface area contributed by atoms with Crippen molar-refractivity contribution in [2.75, 3.05) is 7.11 Å². The molecular weight excluding hydrogens is 226 g/mol. The number of benzene rings is 2. The first-order chi connectivity index (χ1) is 8.74. The van der Waals surface area contributed by atoms with Crippen molar-refractivity contribution in [1.29, 1.82) is 0 Å². The van der Waals surface area contributed by atoms with Crippen molar-refractivity contribution in [3.05, 3.63) is 42.0 Å². The van der Waals surface area contributed by atoms with Crippen LogP contribution < -0.4 is 4.74 Å². The van der Waals surface area contributed by atoms with E-state index in [-0.39, 0.29) is 0 Å². The summed E-state index contributed by atoms with van der Waals surface area (Å²) in [7, 11) is 1.67. The number of oxime groups is 1. The van der Waals surface area contributed by atoms with Crippen LogP contribution in [0, 0.1) is 0 Å². The standard InChI is InChI=1S/C15H17NO2/c1-11(7-8-16-17)12-3-4-14-10-15(18-2)6-5-13(14)9-12/h3-6,8-11,17H,7H2,1-2H3. The summed E-state index contributed by atoms with van der Waals surface area (Å²) in [6.07, 6.45) is 2.26. The van der Waals surface area contributed by atoms with Gasteiger partial charge in [-0.1, -0.05) is 31.2 Å². The van der Waals surface area contributed by atoms with Crippen molar-refractivity contribution in [3.8, 4) is 5.75 Å². The van der Waals surface area contributed by atoms with E-state index in [1.807, 2.05) is 12.1 Å². The zero-order valence-corrected chi connectivity index (χ0v) is 10.6. The van der Waals surface area contributed by atoms with Gasteiger partial charge in [0.2, 0.25) is 0 Å². The van der Waals surface area contributed by atoms with Crippen LogP contribution in [0.1, 0.15) is 24.8 Å². The quantitative estimate of drug-likeness (QED) is 0.504. The molecule has 1 unspecified atom stereocenters. The van der Waals surface area contributed by atoms with Gasteiger partial charge in [-0.15, -0.1) is 5.16 Å². The first kappa shape index (κ1) is 12.4. The van der Waals surface area contributed by atoms with E-state index in [4.69, 9.17) is 9.94 Å². The first-order valence-electron chi connectivity index (χ1n) is 5.98. The largest absolute Gasteiger partial charge is 0.497 e. The van der Waals surface area contributed by atoms with Crippen LogP contribution in [0.15, 0.2) is 41.6 Å². The second kappa shape index (κ2) is 5.54. The fourth-order valence-corrected chi connectivity index (χ4v) is 2.02. The maximum absolute atomic E-state index is 8.45. The summed E-state index contributed by atoms with van der Waals surface area (Å²) in [5.41, 5.74) is 1.24. The van der Waals surface area contributed by atoms with E-state index < -0.39 is 0 Å². The van der Waals surface area contributed by atoms with Gasteiger partial charge in [-0.05, 0) is 40.8 Å². The third-order valence-corrected chi connectivity index (χ3v) is 3.18. The number of rotatable bonds is 4. The summed E-state index contributed by atoms with van der Waals surface area (Å²) in [5, 5.41) is 13.9. The second-order valence-corrected chi connectivity index (χ2v) is 4.41. The molecule has 0 radical (unpaired) electrons. The molecule has 0 amide bonds. The van der Waals surface area contributed by atoms with Crippen LogP contribution in [0.5, 0.6) is 5.75 Å². The molecule has 94 valence electrons. The predicted octanol–water partition coefficient (Wildman–Crippen LogP) is 3.80. The molecule has 0 heterocycles. The van der Waals surface area contributed by atoms with Crippen LogP contribution in [0.4, 0.5) is 0 Å². The topological polar surface area (TPSA) is 41.8 Å². The molecule has 0 saturated carbocycles. The molecule has 2 aromatic rings. The Morgan fingerprint density at radius 2 is 1.94 bits per heavy atom. The average molecular weight is 243 g/mol. The van der Waals surface area contributed by atoms with E-state index in [0.29, 0.717) is 5.92 Å². The third kappa shape index (κ3) is 2.62. The normalized spacial score (nSPS) is 13.0. The minimum atomic E-state index is 0.340. The molecule has 0 aliphatic rings. The summed E-state index contributed by atoms with van der Waals surface area (Å²) in [5.74, 6) is 1.21. The molecular formula is C15H17NO2. The SMILES string of the molecule is COc1ccc2cc(C(C)CC=NO)ccc2c1. The smallest absolute Gasteiger partial charge is 0.119 e. The summed E-state index contributed by atoms with van der Waals surface area (Å²) in [6, 6.07) is 12.4. The van der Waals surface area contributed by atoms with Gasteiger partial charge in [-0.25, -0.2) is 0 Å². The van der Waals surface area contributed by atoms with Gasteiger partial charge in [0, 0.05) is 6.21 Å². The Hall–Kier alpha value is -2.03. The van der Waals surface area contributed by atoms with Gasteiger partial charge < -0.3 is 9.94 Å². The summed E-state index contributed by atoms with van der Waals surface area (Å²) in [4.78, 5) is 0. The molecule has 0 spiro atoms. The highest BCUT2D eigenvalue weighted by Crippen LogP contribution is 2.26. The van der Waals surface area contributed by atoms with Crippen LogP contribution in [0.3, 0.4) is 0 Å². The van der Waals surface area contributed by atoms with Crippen LogP contribution in [-0.4, -0.2) is 18.5 Å². The van der Waals surface area contributed by atoms with E-state index in [1.165, 1.54) is 22.6 Å². The van der Waals surface area contributed by atoms with E-state index in [2.05, 4.69) is 36.3 Å². The predicted molar refractivity (Wildman–Crippen MR) is 73.8 cm³/mol. The number of ether oxygens (including phenoxy) is 1. The molecule has 0 aliphatic carbocycles. The van der Waals surface area contributed by atoms with E-state index in [1.54, 1.807) is 7.11 Å². The number of hydrogen-bond donors (Lipinski definition) is 1.